The molecule has 0 aromatic heterocycles. The Morgan fingerprint density at radius 1 is 0.697 bits per heavy atom. The number of carbonyl (C=O) groups is 1. The molecule has 1 amide bonds. The average molecular weight is 527 g/mol. The molecule has 0 aromatic rings. The van der Waals surface area contributed by atoms with E-state index in [-0.39, 0.29) is 6.42 Å². The van der Waals surface area contributed by atoms with Gasteiger partial charge >= 0.3 is 54.4 Å². The minimum atomic E-state index is -8.28. The van der Waals surface area contributed by atoms with Gasteiger partial charge in [0.1, 0.15) is 0 Å². The van der Waals surface area contributed by atoms with Crippen LogP contribution in [0, 0.1) is 0 Å². The molecule has 3 nitrogen and oxygen atoms in total. The predicted molar refractivity (Wildman–Crippen MR) is 79.2 cm³/mol. The maximum atomic E-state index is 13.5. The van der Waals surface area contributed by atoms with Crippen molar-refractivity contribution in [1.29, 1.82) is 0 Å². The first kappa shape index (κ1) is 31.2. The maximum Gasteiger partial charge on any atom is 0.409 e. The minimum Gasteiger partial charge on any atom is -0.408 e. The fourth-order valence-electron chi connectivity index (χ4n) is 2.04. The standard InChI is InChI=1S/C15H16F15NO2/c1-2-3-4-5-6-31-9(32)33-8(18)11(21,22)13(25,26)15(29,30)14(27,28)12(23,24)10(19,20)7(16)17/h7-8H,2-6H2,1H3,(H,31,32). The number of hydrogen-bond donors (Lipinski definition) is 1. The quantitative estimate of drug-likeness (QED) is 0.215. The van der Waals surface area contributed by atoms with E-state index < -0.39 is 61.0 Å². The molecule has 0 saturated heterocycles. The molecule has 198 valence electrons. The SMILES string of the molecule is CCCCCCNC(=O)OC(F)C(F)(F)C(F)(F)C(F)(F)C(F)(F)C(F)(F)C(F)(F)C(F)F. The summed E-state index contributed by atoms with van der Waals surface area (Å²) in [5, 5.41) is 1.50. The van der Waals surface area contributed by atoms with Crippen LogP contribution in [0.4, 0.5) is 70.7 Å². The van der Waals surface area contributed by atoms with Crippen molar-refractivity contribution in [1.82, 2.24) is 5.32 Å². The largest absolute Gasteiger partial charge is 0.409 e. The highest BCUT2D eigenvalue weighted by Crippen LogP contribution is 2.61. The van der Waals surface area contributed by atoms with Gasteiger partial charge in [0.25, 0.3) is 0 Å². The Hall–Kier alpha value is -1.78. The first-order chi connectivity index (χ1) is 14.6. The molecule has 0 bridgehead atoms. The van der Waals surface area contributed by atoms with Crippen LogP contribution in [0.15, 0.2) is 0 Å². The number of alkyl halides is 15. The Bertz CT molecular complexity index is 653. The van der Waals surface area contributed by atoms with Gasteiger partial charge in [0, 0.05) is 6.54 Å². The van der Waals surface area contributed by atoms with Gasteiger partial charge in [-0.15, -0.1) is 0 Å². The third-order valence-electron chi connectivity index (χ3n) is 4.09. The number of nitrogens with one attached hydrogen (secondary N) is 1. The summed E-state index contributed by atoms with van der Waals surface area (Å²) in [4.78, 5) is 11.1. The summed E-state index contributed by atoms with van der Waals surface area (Å²) in [7, 11) is 0. The molecule has 1 unspecified atom stereocenters. The number of halogens is 15. The van der Waals surface area contributed by atoms with E-state index in [1.807, 2.05) is 0 Å². The van der Waals surface area contributed by atoms with Gasteiger partial charge in [0.15, 0.2) is 0 Å². The third-order valence-corrected chi connectivity index (χ3v) is 4.09. The molecule has 33 heavy (non-hydrogen) atoms. The Morgan fingerprint density at radius 3 is 1.52 bits per heavy atom. The highest BCUT2D eigenvalue weighted by atomic mass is 19.4. The molecular weight excluding hydrogens is 511 g/mol. The molecule has 0 aliphatic heterocycles. The van der Waals surface area contributed by atoms with E-state index in [0.717, 1.165) is 0 Å². The highest BCUT2D eigenvalue weighted by Gasteiger charge is 2.92. The van der Waals surface area contributed by atoms with Gasteiger partial charge in [0.2, 0.25) is 0 Å². The second kappa shape index (κ2) is 10.2. The summed E-state index contributed by atoms with van der Waals surface area (Å²) in [6, 6.07) is 0. The van der Waals surface area contributed by atoms with Crippen molar-refractivity contribution in [3.8, 4) is 0 Å². The van der Waals surface area contributed by atoms with Crippen LogP contribution < -0.4 is 5.32 Å². The summed E-state index contributed by atoms with van der Waals surface area (Å²) in [6.45, 7) is 1.32. The Balaban J connectivity index is 5.81. The van der Waals surface area contributed by atoms with Crippen molar-refractivity contribution in [2.24, 2.45) is 0 Å². The summed E-state index contributed by atoms with van der Waals surface area (Å²) in [5.74, 6) is -47.2. The Morgan fingerprint density at radius 2 is 1.12 bits per heavy atom. The molecule has 0 saturated carbocycles. The fourth-order valence-corrected chi connectivity index (χ4v) is 2.04. The molecule has 0 radical (unpaired) electrons. The van der Waals surface area contributed by atoms with Gasteiger partial charge in [-0.3, -0.25) is 0 Å². The zero-order valence-electron chi connectivity index (χ0n) is 16.2. The van der Waals surface area contributed by atoms with Gasteiger partial charge < -0.3 is 10.1 Å². The van der Waals surface area contributed by atoms with E-state index in [4.69, 9.17) is 0 Å². The van der Waals surface area contributed by atoms with Crippen LogP contribution >= 0.6 is 0 Å². The average Bonchev–Trinajstić information content (AvgIpc) is 2.66. The number of hydrogen-bond acceptors (Lipinski definition) is 2. The van der Waals surface area contributed by atoms with E-state index in [2.05, 4.69) is 4.74 Å². The first-order valence-corrected chi connectivity index (χ1v) is 8.70. The number of ether oxygens (including phenoxy) is 1. The second-order valence-electron chi connectivity index (χ2n) is 6.55. The van der Waals surface area contributed by atoms with E-state index in [1.54, 1.807) is 6.92 Å². The van der Waals surface area contributed by atoms with Crippen LogP contribution in [0.25, 0.3) is 0 Å². The van der Waals surface area contributed by atoms with E-state index in [0.29, 0.717) is 19.3 Å². The monoisotopic (exact) mass is 527 g/mol. The summed E-state index contributed by atoms with van der Waals surface area (Å²) < 4.78 is 199. The molecule has 0 heterocycles. The maximum absolute atomic E-state index is 13.5. The lowest BCUT2D eigenvalue weighted by Gasteiger charge is -2.41. The zero-order valence-corrected chi connectivity index (χ0v) is 16.2. The molecule has 0 aliphatic carbocycles. The highest BCUT2D eigenvalue weighted by molar-refractivity contribution is 5.67. The van der Waals surface area contributed by atoms with Gasteiger partial charge in [-0.25, -0.2) is 13.6 Å². The van der Waals surface area contributed by atoms with E-state index in [1.165, 1.54) is 5.32 Å². The lowest BCUT2D eigenvalue weighted by Crippen LogP contribution is -2.72. The van der Waals surface area contributed by atoms with Crippen molar-refractivity contribution < 1.29 is 75.4 Å². The van der Waals surface area contributed by atoms with E-state index >= 15 is 0 Å². The van der Waals surface area contributed by atoms with Crippen LogP contribution in [0.3, 0.4) is 0 Å². The van der Waals surface area contributed by atoms with Gasteiger partial charge in [-0.1, -0.05) is 26.2 Å². The van der Waals surface area contributed by atoms with Crippen LogP contribution in [0.2, 0.25) is 0 Å². The van der Waals surface area contributed by atoms with Crippen molar-refractivity contribution in [2.75, 3.05) is 6.54 Å². The van der Waals surface area contributed by atoms with Gasteiger partial charge in [0.05, 0.1) is 0 Å². The van der Waals surface area contributed by atoms with Crippen LogP contribution in [0.1, 0.15) is 32.6 Å². The molecule has 0 rings (SSSR count). The van der Waals surface area contributed by atoms with Crippen molar-refractivity contribution in [2.45, 2.75) is 80.9 Å². The number of rotatable bonds is 13. The molecular formula is C15H16F15NO2. The number of amides is 1. The van der Waals surface area contributed by atoms with Crippen molar-refractivity contribution in [3.05, 3.63) is 0 Å². The number of unbranched alkanes of at least 4 members (excludes halogenated alkanes) is 3. The number of alkyl carbamates (subject to hydrolysis) is 1. The van der Waals surface area contributed by atoms with Crippen molar-refractivity contribution >= 4 is 6.09 Å². The summed E-state index contributed by atoms with van der Waals surface area (Å²) in [6.07, 6.45) is -11.5. The van der Waals surface area contributed by atoms with E-state index in [9.17, 15) is 70.7 Å². The molecule has 0 spiro atoms. The normalized spacial score (nSPS) is 15.5. The second-order valence-corrected chi connectivity index (χ2v) is 6.55. The van der Waals surface area contributed by atoms with Crippen molar-refractivity contribution in [3.63, 3.8) is 0 Å². The summed E-state index contributed by atoms with van der Waals surface area (Å²) in [5.41, 5.74) is 0. The van der Waals surface area contributed by atoms with Crippen LogP contribution in [0.5, 0.6) is 0 Å². The topological polar surface area (TPSA) is 38.3 Å². The molecule has 1 atom stereocenters. The lowest BCUT2D eigenvalue weighted by molar-refractivity contribution is -0.441. The third kappa shape index (κ3) is 5.49. The molecule has 0 aliphatic rings. The molecule has 1 N–H and O–H groups in total. The molecule has 18 heteroatoms. The predicted octanol–water partition coefficient (Wildman–Crippen LogP) is 6.67. The first-order valence-electron chi connectivity index (χ1n) is 8.70. The lowest BCUT2D eigenvalue weighted by atomic mass is 9.91. The smallest absolute Gasteiger partial charge is 0.408 e. The zero-order chi connectivity index (χ0) is 26.7. The summed E-state index contributed by atoms with van der Waals surface area (Å²) >= 11 is 0. The molecule has 0 aromatic carbocycles. The Kier molecular flexibility index (Phi) is 9.68. The van der Waals surface area contributed by atoms with Gasteiger partial charge in [-0.2, -0.15) is 57.1 Å². The minimum absolute atomic E-state index is 0.115. The fraction of sp³-hybridized carbons (Fsp3) is 0.933. The molecule has 0 fully saturated rings. The van der Waals surface area contributed by atoms with Gasteiger partial charge in [-0.05, 0) is 6.42 Å². The number of carbonyl (C=O) groups excluding carboxylic acids is 1. The Labute approximate surface area is 175 Å². The van der Waals surface area contributed by atoms with Crippen LogP contribution in [-0.4, -0.2) is 61.0 Å². The van der Waals surface area contributed by atoms with Crippen LogP contribution in [-0.2, 0) is 4.74 Å².